The summed E-state index contributed by atoms with van der Waals surface area (Å²) in [6.45, 7) is 2.08. The summed E-state index contributed by atoms with van der Waals surface area (Å²) in [5, 5.41) is 8.92. The number of allylic oxidation sites excluding steroid dienone is 2. The van der Waals surface area contributed by atoms with Gasteiger partial charge in [-0.05, 0) is 42.2 Å². The highest BCUT2D eigenvalue weighted by atomic mass is 79.9. The zero-order chi connectivity index (χ0) is 9.42. The third-order valence-electron chi connectivity index (χ3n) is 2.37. The Morgan fingerprint density at radius 2 is 2.23 bits per heavy atom. The van der Waals surface area contributed by atoms with Gasteiger partial charge in [0.05, 0.1) is 11.6 Å². The largest absolute Gasteiger partial charge is 0.192 e. The first-order valence-corrected chi connectivity index (χ1v) is 4.91. The molecule has 1 aromatic carbocycles. The highest BCUT2D eigenvalue weighted by molar-refractivity contribution is 9.10. The highest BCUT2D eigenvalue weighted by Gasteiger charge is 2.15. The van der Waals surface area contributed by atoms with Gasteiger partial charge in [0.2, 0.25) is 0 Å². The molecule has 1 nitrogen and oxygen atoms in total. The van der Waals surface area contributed by atoms with Gasteiger partial charge in [0.15, 0.2) is 0 Å². The maximum absolute atomic E-state index is 8.92. The van der Waals surface area contributed by atoms with Crippen molar-refractivity contribution >= 4 is 21.5 Å². The predicted octanol–water partition coefficient (Wildman–Crippen LogP) is 3.28. The SMILES string of the molecule is CC1=CCc2c(C#N)cc(Br)cc21. The van der Waals surface area contributed by atoms with Crippen molar-refractivity contribution in [1.82, 2.24) is 0 Å². The minimum absolute atomic E-state index is 0.789. The molecule has 0 unspecified atom stereocenters. The fourth-order valence-corrected chi connectivity index (χ4v) is 2.13. The van der Waals surface area contributed by atoms with Gasteiger partial charge in [-0.25, -0.2) is 0 Å². The Morgan fingerprint density at radius 3 is 2.92 bits per heavy atom. The second kappa shape index (κ2) is 3.01. The molecule has 0 spiro atoms. The van der Waals surface area contributed by atoms with Crippen LogP contribution >= 0.6 is 15.9 Å². The van der Waals surface area contributed by atoms with Crippen LogP contribution in [0.3, 0.4) is 0 Å². The van der Waals surface area contributed by atoms with Crippen LogP contribution in [-0.2, 0) is 6.42 Å². The van der Waals surface area contributed by atoms with Crippen LogP contribution < -0.4 is 0 Å². The number of hydrogen-bond acceptors (Lipinski definition) is 1. The average Bonchev–Trinajstić information content (AvgIpc) is 2.47. The number of nitrogens with zero attached hydrogens (tertiary/aromatic N) is 1. The molecular formula is C11H8BrN. The maximum atomic E-state index is 8.92. The first kappa shape index (κ1) is 8.52. The van der Waals surface area contributed by atoms with Gasteiger partial charge in [0, 0.05) is 4.47 Å². The normalized spacial score (nSPS) is 13.5. The molecule has 0 saturated heterocycles. The quantitative estimate of drug-likeness (QED) is 0.675. The second-order valence-electron chi connectivity index (χ2n) is 3.18. The molecule has 0 saturated carbocycles. The number of nitriles is 1. The minimum Gasteiger partial charge on any atom is -0.192 e. The third-order valence-corrected chi connectivity index (χ3v) is 2.83. The molecular weight excluding hydrogens is 226 g/mol. The Labute approximate surface area is 85.8 Å². The monoisotopic (exact) mass is 233 g/mol. The highest BCUT2D eigenvalue weighted by Crippen LogP contribution is 2.32. The van der Waals surface area contributed by atoms with Gasteiger partial charge in [-0.2, -0.15) is 5.26 Å². The van der Waals surface area contributed by atoms with Crippen LogP contribution in [0.15, 0.2) is 22.7 Å². The van der Waals surface area contributed by atoms with Crippen LogP contribution in [0.4, 0.5) is 0 Å². The maximum Gasteiger partial charge on any atom is 0.0995 e. The van der Waals surface area contributed by atoms with E-state index in [4.69, 9.17) is 5.26 Å². The number of hydrogen-bond donors (Lipinski definition) is 0. The lowest BCUT2D eigenvalue weighted by Crippen LogP contribution is -1.89. The van der Waals surface area contributed by atoms with Crippen LogP contribution in [0.1, 0.15) is 23.6 Å². The lowest BCUT2D eigenvalue weighted by atomic mass is 10.0. The van der Waals surface area contributed by atoms with Crippen molar-refractivity contribution in [3.63, 3.8) is 0 Å². The van der Waals surface area contributed by atoms with Crippen LogP contribution in [0.5, 0.6) is 0 Å². The molecule has 0 aromatic heterocycles. The summed E-state index contributed by atoms with van der Waals surface area (Å²) in [7, 11) is 0. The Balaban J connectivity index is 2.70. The molecule has 0 N–H and O–H groups in total. The summed E-state index contributed by atoms with van der Waals surface area (Å²) in [5.74, 6) is 0. The van der Waals surface area contributed by atoms with Crippen LogP contribution in [0, 0.1) is 11.3 Å². The van der Waals surface area contributed by atoms with Crippen molar-refractivity contribution in [2.24, 2.45) is 0 Å². The number of halogens is 1. The Morgan fingerprint density at radius 1 is 1.46 bits per heavy atom. The van der Waals surface area contributed by atoms with Gasteiger partial charge in [0.1, 0.15) is 0 Å². The van der Waals surface area contributed by atoms with Gasteiger partial charge in [-0.15, -0.1) is 0 Å². The molecule has 1 aliphatic carbocycles. The lowest BCUT2D eigenvalue weighted by molar-refractivity contribution is 1.27. The van der Waals surface area contributed by atoms with Gasteiger partial charge >= 0.3 is 0 Å². The van der Waals surface area contributed by atoms with E-state index in [1.165, 1.54) is 16.7 Å². The summed E-state index contributed by atoms with van der Waals surface area (Å²) in [6.07, 6.45) is 3.06. The number of benzene rings is 1. The van der Waals surface area contributed by atoms with Crippen molar-refractivity contribution in [3.05, 3.63) is 39.4 Å². The predicted molar refractivity (Wildman–Crippen MR) is 56.2 cm³/mol. The van der Waals surface area contributed by atoms with E-state index in [-0.39, 0.29) is 0 Å². The van der Waals surface area contributed by atoms with Crippen LogP contribution in [0.25, 0.3) is 5.57 Å². The number of rotatable bonds is 0. The molecule has 1 aliphatic rings. The summed E-state index contributed by atoms with van der Waals surface area (Å²) < 4.78 is 0.984. The molecule has 2 rings (SSSR count). The summed E-state index contributed by atoms with van der Waals surface area (Å²) in [4.78, 5) is 0. The standard InChI is InChI=1S/C11H8BrN/c1-7-2-3-10-8(6-13)4-9(12)5-11(7)10/h2,4-5H,3H2,1H3. The Hall–Kier alpha value is -1.07. The molecule has 2 heteroatoms. The molecule has 0 amide bonds. The van der Waals surface area contributed by atoms with Gasteiger partial charge in [0.25, 0.3) is 0 Å². The molecule has 0 fully saturated rings. The first-order chi connectivity index (χ1) is 6.22. The van der Waals surface area contributed by atoms with Gasteiger partial charge in [-0.3, -0.25) is 0 Å². The lowest BCUT2D eigenvalue weighted by Gasteiger charge is -2.04. The molecule has 1 aromatic rings. The zero-order valence-corrected chi connectivity index (χ0v) is 8.85. The second-order valence-corrected chi connectivity index (χ2v) is 4.10. The fourth-order valence-electron chi connectivity index (χ4n) is 1.67. The van der Waals surface area contributed by atoms with Crippen molar-refractivity contribution in [3.8, 4) is 6.07 Å². The van der Waals surface area contributed by atoms with E-state index >= 15 is 0 Å². The Kier molecular flexibility index (Phi) is 1.97. The molecule has 0 bridgehead atoms. The minimum atomic E-state index is 0.789. The average molecular weight is 234 g/mol. The van der Waals surface area contributed by atoms with Crippen molar-refractivity contribution in [2.45, 2.75) is 13.3 Å². The van der Waals surface area contributed by atoms with Crippen LogP contribution in [0.2, 0.25) is 0 Å². The number of fused-ring (bicyclic) bond motifs is 1. The molecule has 0 heterocycles. The van der Waals surface area contributed by atoms with E-state index in [2.05, 4.69) is 41.1 Å². The molecule has 64 valence electrons. The summed E-state index contributed by atoms with van der Waals surface area (Å²) >= 11 is 3.41. The third kappa shape index (κ3) is 1.30. The fraction of sp³-hybridized carbons (Fsp3) is 0.182. The molecule has 0 atom stereocenters. The van der Waals surface area contributed by atoms with E-state index in [0.29, 0.717) is 0 Å². The van der Waals surface area contributed by atoms with Crippen LogP contribution in [-0.4, -0.2) is 0 Å². The van der Waals surface area contributed by atoms with Crippen molar-refractivity contribution in [2.75, 3.05) is 0 Å². The van der Waals surface area contributed by atoms with E-state index in [1.807, 2.05) is 6.07 Å². The van der Waals surface area contributed by atoms with E-state index in [1.54, 1.807) is 0 Å². The van der Waals surface area contributed by atoms with Crippen molar-refractivity contribution in [1.29, 1.82) is 5.26 Å². The molecule has 0 aliphatic heterocycles. The molecule has 13 heavy (non-hydrogen) atoms. The van der Waals surface area contributed by atoms with Crippen molar-refractivity contribution < 1.29 is 0 Å². The van der Waals surface area contributed by atoms with E-state index in [9.17, 15) is 0 Å². The summed E-state index contributed by atoms with van der Waals surface area (Å²) in [6, 6.07) is 6.18. The zero-order valence-electron chi connectivity index (χ0n) is 7.26. The first-order valence-electron chi connectivity index (χ1n) is 4.12. The topological polar surface area (TPSA) is 23.8 Å². The van der Waals surface area contributed by atoms with Gasteiger partial charge < -0.3 is 0 Å². The summed E-state index contributed by atoms with van der Waals surface area (Å²) in [5.41, 5.74) is 4.44. The Bertz CT molecular complexity index is 438. The molecule has 0 radical (unpaired) electrons. The van der Waals surface area contributed by atoms with E-state index < -0.39 is 0 Å². The smallest absolute Gasteiger partial charge is 0.0995 e. The van der Waals surface area contributed by atoms with E-state index in [0.717, 1.165) is 16.5 Å². The van der Waals surface area contributed by atoms with Gasteiger partial charge in [-0.1, -0.05) is 22.0 Å².